The van der Waals surface area contributed by atoms with Crippen molar-refractivity contribution in [3.63, 3.8) is 0 Å². The van der Waals surface area contributed by atoms with Crippen LogP contribution in [-0.2, 0) is 0 Å². The molecular weight excluding hydrogens is 380 g/mol. The second-order valence-corrected chi connectivity index (χ2v) is 6.65. The van der Waals surface area contributed by atoms with Gasteiger partial charge < -0.3 is 10.3 Å². The smallest absolute Gasteiger partial charge is 0.258 e. The van der Waals surface area contributed by atoms with Crippen LogP contribution in [0.5, 0.6) is 0 Å². The van der Waals surface area contributed by atoms with Crippen LogP contribution in [0.2, 0.25) is 0 Å². The normalized spacial score (nSPS) is 10.6. The van der Waals surface area contributed by atoms with E-state index in [2.05, 4.69) is 15.5 Å². The van der Waals surface area contributed by atoms with Crippen molar-refractivity contribution in [1.29, 1.82) is 0 Å². The number of nitrogens with one attached hydrogen (secondary N) is 1. The van der Waals surface area contributed by atoms with Crippen molar-refractivity contribution in [2.75, 3.05) is 5.32 Å². The lowest BCUT2D eigenvalue weighted by Crippen LogP contribution is -2.15. The lowest BCUT2D eigenvalue weighted by Gasteiger charge is -2.10. The van der Waals surface area contributed by atoms with Crippen LogP contribution in [-0.4, -0.2) is 22.0 Å². The van der Waals surface area contributed by atoms with Gasteiger partial charge in [0.1, 0.15) is 5.69 Å². The molecule has 0 saturated carbocycles. The Kier molecular flexibility index (Phi) is 5.09. The SMILES string of the molecule is Cc1ccccc1C(=O)Nc1onc(-c2ccncc2)c1-c1ccccc1C(N)=O. The summed E-state index contributed by atoms with van der Waals surface area (Å²) in [7, 11) is 0. The number of amides is 2. The van der Waals surface area contributed by atoms with Gasteiger partial charge in [0.25, 0.3) is 5.91 Å². The quantitative estimate of drug-likeness (QED) is 0.526. The average Bonchev–Trinajstić information content (AvgIpc) is 3.17. The summed E-state index contributed by atoms with van der Waals surface area (Å²) in [6.07, 6.45) is 3.25. The molecule has 0 aliphatic heterocycles. The molecule has 3 N–H and O–H groups in total. The number of hydrogen-bond donors (Lipinski definition) is 2. The zero-order valence-electron chi connectivity index (χ0n) is 16.1. The number of anilines is 1. The molecule has 0 fully saturated rings. The first-order valence-electron chi connectivity index (χ1n) is 9.22. The third-order valence-electron chi connectivity index (χ3n) is 4.72. The van der Waals surface area contributed by atoms with Crippen molar-refractivity contribution in [2.24, 2.45) is 5.73 Å². The summed E-state index contributed by atoms with van der Waals surface area (Å²) in [5, 5.41) is 6.95. The molecular formula is C23H18N4O3. The lowest BCUT2D eigenvalue weighted by atomic mass is 9.96. The van der Waals surface area contributed by atoms with Gasteiger partial charge in [0.15, 0.2) is 0 Å². The van der Waals surface area contributed by atoms with Crippen LogP contribution in [0, 0.1) is 6.92 Å². The van der Waals surface area contributed by atoms with Gasteiger partial charge in [-0.3, -0.25) is 19.9 Å². The zero-order chi connectivity index (χ0) is 21.1. The van der Waals surface area contributed by atoms with E-state index in [4.69, 9.17) is 10.3 Å². The molecule has 30 heavy (non-hydrogen) atoms. The van der Waals surface area contributed by atoms with Crippen LogP contribution in [0.4, 0.5) is 5.88 Å². The fraction of sp³-hybridized carbons (Fsp3) is 0.0435. The van der Waals surface area contributed by atoms with Gasteiger partial charge in [-0.1, -0.05) is 41.6 Å². The van der Waals surface area contributed by atoms with Gasteiger partial charge in [-0.15, -0.1) is 0 Å². The van der Waals surface area contributed by atoms with Crippen LogP contribution in [0.3, 0.4) is 0 Å². The molecule has 2 aromatic heterocycles. The number of rotatable bonds is 5. The molecule has 0 unspecified atom stereocenters. The van der Waals surface area contributed by atoms with Crippen molar-refractivity contribution in [1.82, 2.24) is 10.1 Å². The number of carbonyl (C=O) groups excluding carboxylic acids is 2. The number of aromatic nitrogens is 2. The third kappa shape index (κ3) is 3.56. The molecule has 0 bridgehead atoms. The molecule has 2 heterocycles. The third-order valence-corrected chi connectivity index (χ3v) is 4.72. The molecule has 4 aromatic rings. The van der Waals surface area contributed by atoms with Crippen molar-refractivity contribution in [3.8, 4) is 22.4 Å². The van der Waals surface area contributed by atoms with Crippen molar-refractivity contribution >= 4 is 17.7 Å². The molecule has 0 atom stereocenters. The molecule has 0 spiro atoms. The number of nitrogens with two attached hydrogens (primary N) is 1. The predicted molar refractivity (Wildman–Crippen MR) is 113 cm³/mol. The van der Waals surface area contributed by atoms with Gasteiger partial charge >= 0.3 is 0 Å². The minimum Gasteiger partial charge on any atom is -0.366 e. The molecule has 4 rings (SSSR count). The minimum atomic E-state index is -0.594. The van der Waals surface area contributed by atoms with Crippen molar-refractivity contribution in [2.45, 2.75) is 6.92 Å². The Labute approximate surface area is 172 Å². The largest absolute Gasteiger partial charge is 0.366 e. The Morgan fingerprint density at radius 1 is 0.933 bits per heavy atom. The predicted octanol–water partition coefficient (Wildman–Crippen LogP) is 4.06. The molecule has 0 saturated heterocycles. The van der Waals surface area contributed by atoms with Gasteiger partial charge in [0.05, 0.1) is 5.56 Å². The lowest BCUT2D eigenvalue weighted by molar-refractivity contribution is 0.0998. The van der Waals surface area contributed by atoms with Crippen molar-refractivity contribution in [3.05, 3.63) is 89.7 Å². The standard InChI is InChI=1S/C23H18N4O3/c1-14-6-2-3-7-16(14)22(29)26-23-19(17-8-4-5-9-18(17)21(24)28)20(27-30-23)15-10-12-25-13-11-15/h2-13H,1H3,(H2,24,28)(H,26,29). The Balaban J connectivity index is 1.87. The first kappa shape index (κ1) is 19.1. The highest BCUT2D eigenvalue weighted by atomic mass is 16.5. The maximum absolute atomic E-state index is 12.9. The highest BCUT2D eigenvalue weighted by molar-refractivity contribution is 6.09. The van der Waals surface area contributed by atoms with Gasteiger partial charge in [0, 0.05) is 34.6 Å². The number of aryl methyl sites for hydroxylation is 1. The summed E-state index contributed by atoms with van der Waals surface area (Å²) in [5.74, 6) is -0.809. The molecule has 2 amide bonds. The molecule has 148 valence electrons. The minimum absolute atomic E-state index is 0.128. The van der Waals surface area contributed by atoms with Crippen LogP contribution in [0.15, 0.2) is 77.6 Å². The first-order valence-corrected chi connectivity index (χ1v) is 9.22. The van der Waals surface area contributed by atoms with E-state index in [-0.39, 0.29) is 11.8 Å². The van der Waals surface area contributed by atoms with E-state index in [0.29, 0.717) is 27.9 Å². The van der Waals surface area contributed by atoms with Crippen molar-refractivity contribution < 1.29 is 14.1 Å². The van der Waals surface area contributed by atoms with Gasteiger partial charge in [-0.25, -0.2) is 0 Å². The summed E-state index contributed by atoms with van der Waals surface area (Å²) >= 11 is 0. The van der Waals surface area contributed by atoms with Gasteiger partial charge in [-0.05, 0) is 36.8 Å². The van der Waals surface area contributed by atoms with Crippen LogP contribution < -0.4 is 11.1 Å². The first-order chi connectivity index (χ1) is 14.6. The average molecular weight is 398 g/mol. The summed E-state index contributed by atoms with van der Waals surface area (Å²) in [6, 6.07) is 17.6. The molecule has 2 aromatic carbocycles. The molecule has 0 radical (unpaired) electrons. The second kappa shape index (κ2) is 8.00. The van der Waals surface area contributed by atoms with E-state index in [9.17, 15) is 9.59 Å². The number of carbonyl (C=O) groups is 2. The zero-order valence-corrected chi connectivity index (χ0v) is 16.1. The number of primary amides is 1. The van der Waals surface area contributed by atoms with E-state index in [1.807, 2.05) is 19.1 Å². The molecule has 0 aliphatic rings. The fourth-order valence-corrected chi connectivity index (χ4v) is 3.25. The Morgan fingerprint density at radius 3 is 2.30 bits per heavy atom. The topological polar surface area (TPSA) is 111 Å². The fourth-order valence-electron chi connectivity index (χ4n) is 3.25. The highest BCUT2D eigenvalue weighted by Crippen LogP contribution is 2.39. The van der Waals surface area contributed by atoms with Crippen LogP contribution in [0.25, 0.3) is 22.4 Å². The van der Waals surface area contributed by atoms with Gasteiger partial charge in [0.2, 0.25) is 11.8 Å². The Bertz CT molecular complexity index is 1230. The maximum Gasteiger partial charge on any atom is 0.258 e. The van der Waals surface area contributed by atoms with Gasteiger partial charge in [-0.2, -0.15) is 0 Å². The van der Waals surface area contributed by atoms with Crippen LogP contribution in [0.1, 0.15) is 26.3 Å². The molecule has 7 nitrogen and oxygen atoms in total. The monoisotopic (exact) mass is 398 g/mol. The number of pyridine rings is 1. The summed E-state index contributed by atoms with van der Waals surface area (Å²) in [4.78, 5) is 28.9. The summed E-state index contributed by atoms with van der Waals surface area (Å²) in [6.45, 7) is 1.85. The van der Waals surface area contributed by atoms with E-state index < -0.39 is 5.91 Å². The van der Waals surface area contributed by atoms with E-state index in [1.54, 1.807) is 60.9 Å². The van der Waals surface area contributed by atoms with E-state index in [0.717, 1.165) is 11.1 Å². The number of benzene rings is 2. The van der Waals surface area contributed by atoms with Crippen LogP contribution >= 0.6 is 0 Å². The van der Waals surface area contributed by atoms with E-state index >= 15 is 0 Å². The summed E-state index contributed by atoms with van der Waals surface area (Å²) < 4.78 is 5.52. The highest BCUT2D eigenvalue weighted by Gasteiger charge is 2.25. The van der Waals surface area contributed by atoms with E-state index in [1.165, 1.54) is 0 Å². The summed E-state index contributed by atoms with van der Waals surface area (Å²) in [5.41, 5.74) is 9.38. The number of hydrogen-bond acceptors (Lipinski definition) is 5. The molecule has 7 heteroatoms. The maximum atomic E-state index is 12.9. The Morgan fingerprint density at radius 2 is 1.60 bits per heavy atom. The molecule has 0 aliphatic carbocycles. The second-order valence-electron chi connectivity index (χ2n) is 6.65. The Hall–Kier alpha value is -4.26. The number of nitrogens with zero attached hydrogens (tertiary/aromatic N) is 2.